The van der Waals surface area contributed by atoms with Crippen LogP contribution >= 0.6 is 0 Å². The predicted molar refractivity (Wildman–Crippen MR) is 76.7 cm³/mol. The van der Waals surface area contributed by atoms with Crippen LogP contribution < -0.4 is 5.32 Å². The molecule has 2 N–H and O–H groups in total. The second-order valence-electron chi connectivity index (χ2n) is 5.46. The Bertz CT molecular complexity index is 672. The fraction of sp³-hybridized carbons (Fsp3) is 0.500. The van der Waals surface area contributed by atoms with Crippen LogP contribution in [0.5, 0.6) is 0 Å². The summed E-state index contributed by atoms with van der Waals surface area (Å²) in [5.41, 5.74) is 2.27. The number of aryl methyl sites for hydroxylation is 2. The van der Waals surface area contributed by atoms with Crippen molar-refractivity contribution < 1.29 is 18.3 Å². The van der Waals surface area contributed by atoms with Gasteiger partial charge in [0.05, 0.1) is 4.90 Å². The Morgan fingerprint density at radius 2 is 2.05 bits per heavy atom. The van der Waals surface area contributed by atoms with Crippen LogP contribution in [0.3, 0.4) is 0 Å². The minimum atomic E-state index is -3.77. The molecule has 21 heavy (non-hydrogen) atoms. The summed E-state index contributed by atoms with van der Waals surface area (Å²) < 4.78 is 26.6. The molecule has 0 amide bonds. The number of rotatable bonds is 3. The third kappa shape index (κ3) is 2.56. The van der Waals surface area contributed by atoms with Crippen molar-refractivity contribution in [3.63, 3.8) is 0 Å². The number of nitrogens with one attached hydrogen (secondary N) is 1. The summed E-state index contributed by atoms with van der Waals surface area (Å²) in [5.74, 6) is -1.12. The van der Waals surface area contributed by atoms with Crippen molar-refractivity contribution in [1.29, 1.82) is 0 Å². The van der Waals surface area contributed by atoms with Gasteiger partial charge in [-0.15, -0.1) is 0 Å². The molecule has 1 unspecified atom stereocenters. The van der Waals surface area contributed by atoms with Crippen LogP contribution in [-0.2, 0) is 27.7 Å². The average molecular weight is 310 g/mol. The van der Waals surface area contributed by atoms with E-state index in [-0.39, 0.29) is 18.0 Å². The fourth-order valence-corrected chi connectivity index (χ4v) is 4.66. The number of carbonyl (C=O) groups is 1. The lowest BCUT2D eigenvalue weighted by molar-refractivity contribution is -0.141. The summed E-state index contributed by atoms with van der Waals surface area (Å²) in [4.78, 5) is 11.5. The van der Waals surface area contributed by atoms with Crippen molar-refractivity contribution in [3.8, 4) is 0 Å². The summed E-state index contributed by atoms with van der Waals surface area (Å²) in [6.07, 6.45) is 2.92. The molecule has 0 radical (unpaired) electrons. The van der Waals surface area contributed by atoms with Gasteiger partial charge in [-0.25, -0.2) is 8.42 Å². The number of carboxylic acids is 1. The average Bonchev–Trinajstić information content (AvgIpc) is 2.94. The molecule has 2 aliphatic rings. The Morgan fingerprint density at radius 3 is 2.81 bits per heavy atom. The predicted octanol–water partition coefficient (Wildman–Crippen LogP) is 0.222. The van der Waals surface area contributed by atoms with Gasteiger partial charge in [0.25, 0.3) is 0 Å². The molecule has 1 aliphatic heterocycles. The zero-order valence-electron chi connectivity index (χ0n) is 11.6. The van der Waals surface area contributed by atoms with Crippen LogP contribution in [0, 0.1) is 0 Å². The van der Waals surface area contributed by atoms with E-state index in [9.17, 15) is 18.3 Å². The topological polar surface area (TPSA) is 86.7 Å². The smallest absolute Gasteiger partial charge is 0.323 e. The molecule has 1 aromatic carbocycles. The van der Waals surface area contributed by atoms with E-state index in [4.69, 9.17) is 0 Å². The number of fused-ring (bicyclic) bond motifs is 1. The molecule has 0 saturated carbocycles. The number of sulfonamides is 1. The van der Waals surface area contributed by atoms with Gasteiger partial charge >= 0.3 is 5.97 Å². The Balaban J connectivity index is 1.97. The highest BCUT2D eigenvalue weighted by atomic mass is 32.2. The van der Waals surface area contributed by atoms with Crippen LogP contribution in [0.15, 0.2) is 23.1 Å². The van der Waals surface area contributed by atoms with Crippen LogP contribution in [0.25, 0.3) is 0 Å². The molecule has 1 saturated heterocycles. The Morgan fingerprint density at radius 1 is 1.29 bits per heavy atom. The monoisotopic (exact) mass is 310 g/mol. The third-order valence-electron chi connectivity index (χ3n) is 4.16. The van der Waals surface area contributed by atoms with E-state index in [1.165, 1.54) is 5.56 Å². The van der Waals surface area contributed by atoms with Gasteiger partial charge in [-0.2, -0.15) is 4.31 Å². The van der Waals surface area contributed by atoms with Gasteiger partial charge in [0.15, 0.2) is 0 Å². The van der Waals surface area contributed by atoms with Crippen molar-refractivity contribution in [2.75, 3.05) is 19.6 Å². The van der Waals surface area contributed by atoms with Gasteiger partial charge in [-0.1, -0.05) is 6.07 Å². The number of nitrogens with zero attached hydrogens (tertiary/aromatic N) is 1. The minimum absolute atomic E-state index is 0.138. The van der Waals surface area contributed by atoms with Crippen LogP contribution in [0.4, 0.5) is 0 Å². The second kappa shape index (κ2) is 5.40. The lowest BCUT2D eigenvalue weighted by atomic mass is 10.1. The molecule has 7 heteroatoms. The van der Waals surface area contributed by atoms with E-state index >= 15 is 0 Å². The summed E-state index contributed by atoms with van der Waals surface area (Å²) >= 11 is 0. The Labute approximate surface area is 123 Å². The first kappa shape index (κ1) is 14.5. The Kier molecular flexibility index (Phi) is 3.73. The van der Waals surface area contributed by atoms with Gasteiger partial charge in [0.1, 0.15) is 6.04 Å². The van der Waals surface area contributed by atoms with Crippen molar-refractivity contribution in [1.82, 2.24) is 9.62 Å². The molecule has 1 aromatic rings. The Hall–Kier alpha value is -1.44. The zero-order valence-corrected chi connectivity index (χ0v) is 12.4. The molecule has 1 atom stereocenters. The quantitative estimate of drug-likeness (QED) is 0.834. The molecule has 1 heterocycles. The highest BCUT2D eigenvalue weighted by Gasteiger charge is 2.37. The maximum absolute atomic E-state index is 12.7. The number of piperazine rings is 1. The van der Waals surface area contributed by atoms with Crippen molar-refractivity contribution >= 4 is 16.0 Å². The first-order valence-corrected chi connectivity index (χ1v) is 8.51. The van der Waals surface area contributed by atoms with Gasteiger partial charge in [0.2, 0.25) is 10.0 Å². The first-order chi connectivity index (χ1) is 10.00. The number of hydrogen-bond donors (Lipinski definition) is 2. The van der Waals surface area contributed by atoms with Crippen molar-refractivity contribution in [3.05, 3.63) is 29.3 Å². The summed E-state index contributed by atoms with van der Waals surface area (Å²) in [5, 5.41) is 12.2. The molecule has 114 valence electrons. The summed E-state index contributed by atoms with van der Waals surface area (Å²) in [7, 11) is -3.77. The van der Waals surface area contributed by atoms with Crippen LogP contribution in [0.2, 0.25) is 0 Å². The fourth-order valence-electron chi connectivity index (χ4n) is 3.03. The van der Waals surface area contributed by atoms with Gasteiger partial charge < -0.3 is 10.4 Å². The number of carboxylic acid groups (broad SMARTS) is 1. The maximum atomic E-state index is 12.7. The van der Waals surface area contributed by atoms with Crippen molar-refractivity contribution in [2.24, 2.45) is 0 Å². The molecule has 0 aromatic heterocycles. The van der Waals surface area contributed by atoms with E-state index in [1.54, 1.807) is 12.1 Å². The molecular formula is C14H18N2O4S. The standard InChI is InChI=1S/C14H18N2O4S/c17-14(18)13-9-15-6-7-16(13)21(19,20)12-5-4-10-2-1-3-11(10)8-12/h4-5,8,13,15H,1-3,6-7,9H2,(H,17,18). The normalized spacial score (nSPS) is 23.0. The van der Waals surface area contributed by atoms with Gasteiger partial charge in [0, 0.05) is 19.6 Å². The molecule has 0 bridgehead atoms. The third-order valence-corrected chi connectivity index (χ3v) is 6.06. The molecule has 1 aliphatic carbocycles. The van der Waals surface area contributed by atoms with Crippen LogP contribution in [0.1, 0.15) is 17.5 Å². The molecule has 3 rings (SSSR count). The van der Waals surface area contributed by atoms with E-state index < -0.39 is 22.0 Å². The number of aliphatic carboxylic acids is 1. The van der Waals surface area contributed by atoms with Gasteiger partial charge in [-0.05, 0) is 42.5 Å². The zero-order chi connectivity index (χ0) is 15.0. The number of hydrogen-bond acceptors (Lipinski definition) is 4. The maximum Gasteiger partial charge on any atom is 0.323 e. The molecule has 0 spiro atoms. The largest absolute Gasteiger partial charge is 0.480 e. The van der Waals surface area contributed by atoms with E-state index in [0.29, 0.717) is 6.54 Å². The van der Waals surface area contributed by atoms with E-state index in [2.05, 4.69) is 5.32 Å². The minimum Gasteiger partial charge on any atom is -0.480 e. The van der Waals surface area contributed by atoms with Gasteiger partial charge in [-0.3, -0.25) is 4.79 Å². The second-order valence-corrected chi connectivity index (χ2v) is 7.35. The van der Waals surface area contributed by atoms with E-state index in [0.717, 1.165) is 29.1 Å². The SMILES string of the molecule is O=C(O)C1CNCCN1S(=O)(=O)c1ccc2c(c1)CCC2. The molecule has 6 nitrogen and oxygen atoms in total. The summed E-state index contributed by atoms with van der Waals surface area (Å²) in [6.45, 7) is 0.782. The lowest BCUT2D eigenvalue weighted by Gasteiger charge is -2.32. The lowest BCUT2D eigenvalue weighted by Crippen LogP contribution is -2.56. The summed E-state index contributed by atoms with van der Waals surface area (Å²) in [6, 6.07) is 4.11. The first-order valence-electron chi connectivity index (χ1n) is 7.07. The highest BCUT2D eigenvalue weighted by molar-refractivity contribution is 7.89. The number of benzene rings is 1. The van der Waals surface area contributed by atoms with Crippen LogP contribution in [-0.4, -0.2) is 49.5 Å². The van der Waals surface area contributed by atoms with E-state index in [1.807, 2.05) is 6.07 Å². The van der Waals surface area contributed by atoms with Crippen molar-refractivity contribution in [2.45, 2.75) is 30.2 Å². The highest BCUT2D eigenvalue weighted by Crippen LogP contribution is 2.27. The molecular weight excluding hydrogens is 292 g/mol. The molecule has 1 fully saturated rings.